The first-order chi connectivity index (χ1) is 8.66. The molecule has 1 aliphatic heterocycles. The molecule has 2 aliphatic rings. The third-order valence-corrected chi connectivity index (χ3v) is 5.44. The summed E-state index contributed by atoms with van der Waals surface area (Å²) in [5.74, 6) is 1.44. The highest BCUT2D eigenvalue weighted by Crippen LogP contribution is 2.26. The lowest BCUT2D eigenvalue weighted by Gasteiger charge is -2.16. The highest BCUT2D eigenvalue weighted by molar-refractivity contribution is 7.85. The monoisotopic (exact) mass is 272 g/mol. The van der Waals surface area contributed by atoms with E-state index in [1.54, 1.807) is 0 Å². The molecule has 0 radical (unpaired) electrons. The average Bonchev–Trinajstić information content (AvgIpc) is 2.97. The summed E-state index contributed by atoms with van der Waals surface area (Å²) in [4.78, 5) is 13.7. The van der Waals surface area contributed by atoms with Crippen molar-refractivity contribution in [2.75, 3.05) is 24.6 Å². The molecule has 1 amide bonds. The maximum Gasteiger partial charge on any atom is 0.235 e. The molecule has 3 unspecified atom stereocenters. The molecule has 0 aromatic carbocycles. The van der Waals surface area contributed by atoms with E-state index in [9.17, 15) is 9.00 Å². The standard InChI is InChI=1S/C13H24N2O2S/c14-12-5-3-4-11(12)6-9-18(17)10-13(16)15-7-1-2-8-15/h11-12H,1-10,14H2. The van der Waals surface area contributed by atoms with Gasteiger partial charge in [-0.2, -0.15) is 0 Å². The lowest BCUT2D eigenvalue weighted by Crippen LogP contribution is -2.32. The van der Waals surface area contributed by atoms with Crippen LogP contribution in [0.4, 0.5) is 0 Å². The van der Waals surface area contributed by atoms with Crippen molar-refractivity contribution in [1.29, 1.82) is 0 Å². The van der Waals surface area contributed by atoms with Crippen LogP contribution in [0.3, 0.4) is 0 Å². The van der Waals surface area contributed by atoms with Gasteiger partial charge in [0.05, 0.1) is 0 Å². The molecule has 0 spiro atoms. The Hall–Kier alpha value is -0.420. The lowest BCUT2D eigenvalue weighted by atomic mass is 10.0. The number of hydrogen-bond acceptors (Lipinski definition) is 3. The van der Waals surface area contributed by atoms with Crippen molar-refractivity contribution in [3.05, 3.63) is 0 Å². The maximum absolute atomic E-state index is 11.9. The zero-order valence-corrected chi connectivity index (χ0v) is 11.8. The molecule has 2 fully saturated rings. The Labute approximate surface area is 112 Å². The number of nitrogens with two attached hydrogens (primary N) is 1. The van der Waals surface area contributed by atoms with Gasteiger partial charge in [-0.3, -0.25) is 9.00 Å². The summed E-state index contributed by atoms with van der Waals surface area (Å²) in [5.41, 5.74) is 5.99. The van der Waals surface area contributed by atoms with Crippen LogP contribution in [-0.4, -0.2) is 45.7 Å². The Morgan fingerprint density at radius 3 is 2.56 bits per heavy atom. The molecule has 1 saturated heterocycles. The molecule has 104 valence electrons. The first-order valence-corrected chi connectivity index (χ1v) is 8.54. The first-order valence-electron chi connectivity index (χ1n) is 7.05. The summed E-state index contributed by atoms with van der Waals surface area (Å²) in [6.45, 7) is 1.70. The Bertz CT molecular complexity index is 316. The molecule has 4 nitrogen and oxygen atoms in total. The fourth-order valence-corrected chi connectivity index (χ4v) is 4.14. The highest BCUT2D eigenvalue weighted by atomic mass is 32.2. The van der Waals surface area contributed by atoms with Gasteiger partial charge in [0.1, 0.15) is 5.75 Å². The van der Waals surface area contributed by atoms with Crippen LogP contribution < -0.4 is 5.73 Å². The fourth-order valence-electron chi connectivity index (χ4n) is 2.97. The maximum atomic E-state index is 11.9. The van der Waals surface area contributed by atoms with E-state index in [1.807, 2.05) is 4.90 Å². The van der Waals surface area contributed by atoms with Crippen LogP contribution >= 0.6 is 0 Å². The quantitative estimate of drug-likeness (QED) is 0.808. The van der Waals surface area contributed by atoms with Crippen LogP contribution in [0.5, 0.6) is 0 Å². The van der Waals surface area contributed by atoms with Gasteiger partial charge in [0.2, 0.25) is 5.91 Å². The highest BCUT2D eigenvalue weighted by Gasteiger charge is 2.25. The van der Waals surface area contributed by atoms with Crippen molar-refractivity contribution in [2.45, 2.75) is 44.6 Å². The summed E-state index contributed by atoms with van der Waals surface area (Å²) in [6.07, 6.45) is 6.57. The van der Waals surface area contributed by atoms with Crippen molar-refractivity contribution in [2.24, 2.45) is 11.7 Å². The minimum atomic E-state index is -1.00. The summed E-state index contributed by atoms with van der Waals surface area (Å²) >= 11 is 0. The van der Waals surface area contributed by atoms with Crippen molar-refractivity contribution >= 4 is 16.7 Å². The second kappa shape index (κ2) is 6.66. The molecule has 0 aromatic heterocycles. The molecule has 1 aliphatic carbocycles. The second-order valence-corrected chi connectivity index (χ2v) is 7.10. The Morgan fingerprint density at radius 2 is 1.94 bits per heavy atom. The third kappa shape index (κ3) is 3.79. The topological polar surface area (TPSA) is 63.4 Å². The van der Waals surface area contributed by atoms with Crippen molar-refractivity contribution in [3.63, 3.8) is 0 Å². The number of rotatable bonds is 5. The van der Waals surface area contributed by atoms with Crippen molar-refractivity contribution in [1.82, 2.24) is 4.90 Å². The van der Waals surface area contributed by atoms with E-state index in [0.29, 0.717) is 11.7 Å². The van der Waals surface area contributed by atoms with E-state index in [-0.39, 0.29) is 17.7 Å². The van der Waals surface area contributed by atoms with Crippen LogP contribution in [0.25, 0.3) is 0 Å². The number of carbonyl (C=O) groups is 1. The van der Waals surface area contributed by atoms with Gasteiger partial charge in [0.15, 0.2) is 0 Å². The van der Waals surface area contributed by atoms with E-state index >= 15 is 0 Å². The number of hydrogen-bond donors (Lipinski definition) is 1. The second-order valence-electron chi connectivity index (χ2n) is 5.52. The van der Waals surface area contributed by atoms with Crippen molar-refractivity contribution in [3.8, 4) is 0 Å². The molecular weight excluding hydrogens is 248 g/mol. The average molecular weight is 272 g/mol. The summed E-state index contributed by atoms with van der Waals surface area (Å²) in [5, 5.41) is 0. The summed E-state index contributed by atoms with van der Waals surface area (Å²) in [7, 11) is -1.00. The largest absolute Gasteiger partial charge is 0.342 e. The van der Waals surface area contributed by atoms with Crippen LogP contribution in [0.2, 0.25) is 0 Å². The normalized spacial score (nSPS) is 29.7. The van der Waals surface area contributed by atoms with Crippen LogP contribution in [0.1, 0.15) is 38.5 Å². The molecule has 1 saturated carbocycles. The SMILES string of the molecule is NC1CCCC1CCS(=O)CC(=O)N1CCCC1. The minimum absolute atomic E-state index is 0.0709. The zero-order valence-electron chi connectivity index (χ0n) is 11.0. The van der Waals surface area contributed by atoms with Gasteiger partial charge in [-0.1, -0.05) is 6.42 Å². The summed E-state index contributed by atoms with van der Waals surface area (Å²) in [6, 6.07) is 0.288. The van der Waals surface area contributed by atoms with Gasteiger partial charge in [-0.15, -0.1) is 0 Å². The van der Waals surface area contributed by atoms with Gasteiger partial charge >= 0.3 is 0 Å². The summed E-state index contributed by atoms with van der Waals surface area (Å²) < 4.78 is 11.9. The van der Waals surface area contributed by atoms with E-state index < -0.39 is 10.8 Å². The van der Waals surface area contributed by atoms with Crippen LogP contribution in [0, 0.1) is 5.92 Å². The molecule has 0 aromatic rings. The van der Waals surface area contributed by atoms with Gasteiger partial charge in [-0.25, -0.2) is 0 Å². The predicted molar refractivity (Wildman–Crippen MR) is 73.6 cm³/mol. The molecule has 1 heterocycles. The molecule has 18 heavy (non-hydrogen) atoms. The van der Waals surface area contributed by atoms with E-state index in [1.165, 1.54) is 12.8 Å². The Kier molecular flexibility index (Phi) is 5.18. The molecule has 2 N–H and O–H groups in total. The van der Waals surface area contributed by atoms with Crippen molar-refractivity contribution < 1.29 is 9.00 Å². The lowest BCUT2D eigenvalue weighted by molar-refractivity contribution is -0.127. The van der Waals surface area contributed by atoms with Gasteiger partial charge in [0, 0.05) is 35.7 Å². The third-order valence-electron chi connectivity index (χ3n) is 4.18. The van der Waals surface area contributed by atoms with Crippen LogP contribution in [0.15, 0.2) is 0 Å². The molecule has 2 rings (SSSR count). The number of amides is 1. The van der Waals surface area contributed by atoms with Gasteiger partial charge in [-0.05, 0) is 38.0 Å². The molecule has 5 heteroatoms. The molecule has 0 bridgehead atoms. The van der Waals surface area contributed by atoms with Gasteiger partial charge in [0.25, 0.3) is 0 Å². The van der Waals surface area contributed by atoms with Crippen LogP contribution in [-0.2, 0) is 15.6 Å². The molecule has 3 atom stereocenters. The van der Waals surface area contributed by atoms with Gasteiger partial charge < -0.3 is 10.6 Å². The minimum Gasteiger partial charge on any atom is -0.342 e. The smallest absolute Gasteiger partial charge is 0.235 e. The number of carbonyl (C=O) groups excluding carboxylic acids is 1. The Morgan fingerprint density at radius 1 is 1.22 bits per heavy atom. The van der Waals surface area contributed by atoms with E-state index in [2.05, 4.69) is 0 Å². The Balaban J connectivity index is 1.66. The van der Waals surface area contributed by atoms with E-state index in [0.717, 1.165) is 38.8 Å². The molecular formula is C13H24N2O2S. The number of nitrogens with zero attached hydrogens (tertiary/aromatic N) is 1. The predicted octanol–water partition coefficient (Wildman–Crippen LogP) is 0.875. The fraction of sp³-hybridized carbons (Fsp3) is 0.923. The van der Waals surface area contributed by atoms with E-state index in [4.69, 9.17) is 5.73 Å². The zero-order chi connectivity index (χ0) is 13.0. The first kappa shape index (κ1) is 14.0. The number of likely N-dealkylation sites (tertiary alicyclic amines) is 1.